The number of amides is 1. The number of aryl methyl sites for hydroxylation is 2. The monoisotopic (exact) mass is 293 g/mol. The van der Waals surface area contributed by atoms with Crippen molar-refractivity contribution in [1.82, 2.24) is 15.1 Å². The first-order valence-electron chi connectivity index (χ1n) is 7.43. The largest absolute Gasteiger partial charge is 0.481 e. The Bertz CT molecular complexity index is 538. The molecule has 0 radical (unpaired) electrons. The van der Waals surface area contributed by atoms with Gasteiger partial charge in [0, 0.05) is 18.8 Å². The highest BCUT2D eigenvalue weighted by Crippen LogP contribution is 2.31. The van der Waals surface area contributed by atoms with E-state index in [1.165, 1.54) is 0 Å². The number of nitrogens with zero attached hydrogens (tertiary/aromatic N) is 2. The number of carboxylic acids is 1. The predicted molar refractivity (Wildman–Crippen MR) is 77.6 cm³/mol. The summed E-state index contributed by atoms with van der Waals surface area (Å²) in [7, 11) is 1.84. The van der Waals surface area contributed by atoms with Crippen LogP contribution in [0.4, 0.5) is 0 Å². The molecule has 6 heteroatoms. The van der Waals surface area contributed by atoms with E-state index < -0.39 is 17.8 Å². The Morgan fingerprint density at radius 3 is 2.52 bits per heavy atom. The van der Waals surface area contributed by atoms with Gasteiger partial charge in [0.25, 0.3) is 0 Å². The highest BCUT2D eigenvalue weighted by Gasteiger charge is 2.36. The minimum Gasteiger partial charge on any atom is -0.481 e. The van der Waals surface area contributed by atoms with Crippen LogP contribution in [0, 0.1) is 18.8 Å². The molecule has 2 N–H and O–H groups in total. The molecule has 1 aromatic heterocycles. The number of hydrogen-bond donors (Lipinski definition) is 2. The van der Waals surface area contributed by atoms with Crippen molar-refractivity contribution < 1.29 is 14.7 Å². The van der Waals surface area contributed by atoms with Crippen molar-refractivity contribution in [2.45, 2.75) is 45.6 Å². The van der Waals surface area contributed by atoms with Gasteiger partial charge in [-0.25, -0.2) is 0 Å². The summed E-state index contributed by atoms with van der Waals surface area (Å²) >= 11 is 0. The molecule has 6 nitrogen and oxygen atoms in total. The second-order valence-electron chi connectivity index (χ2n) is 5.91. The molecule has 1 fully saturated rings. The topological polar surface area (TPSA) is 84.2 Å². The van der Waals surface area contributed by atoms with Gasteiger partial charge in [-0.15, -0.1) is 0 Å². The molecule has 0 aromatic carbocycles. The average molecular weight is 293 g/mol. The van der Waals surface area contributed by atoms with Crippen molar-refractivity contribution >= 4 is 11.9 Å². The minimum atomic E-state index is -0.861. The van der Waals surface area contributed by atoms with E-state index in [-0.39, 0.29) is 11.9 Å². The lowest BCUT2D eigenvalue weighted by atomic mass is 9.78. The molecule has 0 saturated heterocycles. The van der Waals surface area contributed by atoms with Crippen LogP contribution in [-0.2, 0) is 16.6 Å². The zero-order chi connectivity index (χ0) is 15.6. The molecule has 1 amide bonds. The summed E-state index contributed by atoms with van der Waals surface area (Å²) in [5.74, 6) is -1.99. The molecule has 1 heterocycles. The lowest BCUT2D eigenvalue weighted by molar-refractivity contribution is -0.149. The summed E-state index contributed by atoms with van der Waals surface area (Å²) in [5.41, 5.74) is 1.84. The van der Waals surface area contributed by atoms with Crippen LogP contribution in [-0.4, -0.2) is 26.8 Å². The van der Waals surface area contributed by atoms with E-state index in [4.69, 9.17) is 0 Å². The van der Waals surface area contributed by atoms with E-state index in [9.17, 15) is 14.7 Å². The SMILES string of the molecule is Cc1nn(C)cc1[C@H](C)NC(=O)[C@H]1CCCC[C@H]1C(=O)O. The van der Waals surface area contributed by atoms with Crippen LogP contribution in [0.15, 0.2) is 6.20 Å². The molecule has 0 spiro atoms. The molecule has 1 aliphatic rings. The molecule has 3 atom stereocenters. The molecule has 2 rings (SSSR count). The van der Waals surface area contributed by atoms with E-state index in [0.717, 1.165) is 24.1 Å². The second kappa shape index (κ2) is 6.28. The van der Waals surface area contributed by atoms with E-state index >= 15 is 0 Å². The fourth-order valence-corrected chi connectivity index (χ4v) is 3.18. The molecule has 116 valence electrons. The molecule has 0 bridgehead atoms. The lowest BCUT2D eigenvalue weighted by Crippen LogP contribution is -2.40. The van der Waals surface area contributed by atoms with Crippen LogP contribution in [0.25, 0.3) is 0 Å². The normalized spacial score (nSPS) is 23.6. The predicted octanol–water partition coefficient (Wildman–Crippen LogP) is 1.80. The van der Waals surface area contributed by atoms with Crippen LogP contribution in [0.3, 0.4) is 0 Å². The zero-order valence-corrected chi connectivity index (χ0v) is 12.8. The number of carboxylic acid groups (broad SMARTS) is 1. The third-order valence-electron chi connectivity index (χ3n) is 4.30. The lowest BCUT2D eigenvalue weighted by Gasteiger charge is -2.28. The smallest absolute Gasteiger partial charge is 0.307 e. The van der Waals surface area contributed by atoms with Gasteiger partial charge in [-0.05, 0) is 26.7 Å². The van der Waals surface area contributed by atoms with E-state index in [1.54, 1.807) is 4.68 Å². The van der Waals surface area contributed by atoms with Crippen molar-refractivity contribution in [3.8, 4) is 0 Å². The summed E-state index contributed by atoms with van der Waals surface area (Å²) < 4.78 is 1.72. The number of nitrogens with one attached hydrogen (secondary N) is 1. The van der Waals surface area contributed by atoms with Gasteiger partial charge in [0.1, 0.15) is 0 Å². The molecule has 0 unspecified atom stereocenters. The van der Waals surface area contributed by atoms with Gasteiger partial charge in [-0.2, -0.15) is 5.10 Å². The quantitative estimate of drug-likeness (QED) is 0.886. The maximum absolute atomic E-state index is 12.4. The summed E-state index contributed by atoms with van der Waals surface area (Å²) in [4.78, 5) is 23.7. The van der Waals surface area contributed by atoms with Gasteiger partial charge in [0.15, 0.2) is 0 Å². The molecule has 1 aliphatic carbocycles. The molecule has 1 aromatic rings. The highest BCUT2D eigenvalue weighted by atomic mass is 16.4. The van der Waals surface area contributed by atoms with Crippen molar-refractivity contribution in [3.63, 3.8) is 0 Å². The van der Waals surface area contributed by atoms with Crippen molar-refractivity contribution in [1.29, 1.82) is 0 Å². The highest BCUT2D eigenvalue weighted by molar-refractivity contribution is 5.85. The Hall–Kier alpha value is -1.85. The zero-order valence-electron chi connectivity index (χ0n) is 12.8. The van der Waals surface area contributed by atoms with Crippen LogP contribution in [0.5, 0.6) is 0 Å². The first kappa shape index (κ1) is 15.5. The maximum atomic E-state index is 12.4. The average Bonchev–Trinajstić information content (AvgIpc) is 2.77. The van der Waals surface area contributed by atoms with Crippen LogP contribution in [0.1, 0.15) is 49.9 Å². The van der Waals surface area contributed by atoms with E-state index in [1.807, 2.05) is 27.1 Å². The number of carbonyl (C=O) groups excluding carboxylic acids is 1. The summed E-state index contributed by atoms with van der Waals surface area (Å²) in [6.07, 6.45) is 4.94. The van der Waals surface area contributed by atoms with Crippen molar-refractivity contribution in [3.05, 3.63) is 17.5 Å². The molecule has 1 saturated carbocycles. The Morgan fingerprint density at radius 2 is 2.00 bits per heavy atom. The van der Waals surface area contributed by atoms with E-state index in [2.05, 4.69) is 10.4 Å². The number of carbonyl (C=O) groups is 2. The van der Waals surface area contributed by atoms with Gasteiger partial charge >= 0.3 is 5.97 Å². The number of rotatable bonds is 4. The van der Waals surface area contributed by atoms with Gasteiger partial charge < -0.3 is 10.4 Å². The fraction of sp³-hybridized carbons (Fsp3) is 0.667. The Kier molecular flexibility index (Phi) is 4.65. The molecule has 21 heavy (non-hydrogen) atoms. The van der Waals surface area contributed by atoms with Crippen molar-refractivity contribution in [2.75, 3.05) is 0 Å². The summed E-state index contributed by atoms with van der Waals surface area (Å²) in [5, 5.41) is 16.5. The van der Waals surface area contributed by atoms with E-state index in [0.29, 0.717) is 12.8 Å². The van der Waals surface area contributed by atoms with Gasteiger partial charge in [-0.3, -0.25) is 14.3 Å². The van der Waals surface area contributed by atoms with Gasteiger partial charge in [-0.1, -0.05) is 12.8 Å². The summed E-state index contributed by atoms with van der Waals surface area (Å²) in [6, 6.07) is -0.164. The molecule has 0 aliphatic heterocycles. The first-order valence-corrected chi connectivity index (χ1v) is 7.43. The number of aliphatic carboxylic acids is 1. The number of aromatic nitrogens is 2. The first-order chi connectivity index (χ1) is 9.90. The van der Waals surface area contributed by atoms with Gasteiger partial charge in [0.05, 0.1) is 23.6 Å². The molecular formula is C15H23N3O3. The number of hydrogen-bond acceptors (Lipinski definition) is 3. The van der Waals surface area contributed by atoms with Crippen LogP contribution in [0.2, 0.25) is 0 Å². The molecular weight excluding hydrogens is 270 g/mol. The maximum Gasteiger partial charge on any atom is 0.307 e. The van der Waals surface area contributed by atoms with Gasteiger partial charge in [0.2, 0.25) is 5.91 Å². The Morgan fingerprint density at radius 1 is 1.38 bits per heavy atom. The Labute approximate surface area is 124 Å². The third-order valence-corrected chi connectivity index (χ3v) is 4.30. The second-order valence-corrected chi connectivity index (χ2v) is 5.91. The Balaban J connectivity index is 2.06. The standard InChI is InChI=1S/C15H23N3O3/c1-9(13-8-18(3)17-10(13)2)16-14(19)11-6-4-5-7-12(11)15(20)21/h8-9,11-12H,4-7H2,1-3H3,(H,16,19)(H,20,21)/t9-,11-,12+/m0/s1. The third kappa shape index (κ3) is 3.43. The van der Waals surface area contributed by atoms with Crippen LogP contribution < -0.4 is 5.32 Å². The van der Waals surface area contributed by atoms with Crippen LogP contribution >= 0.6 is 0 Å². The minimum absolute atomic E-state index is 0.155. The summed E-state index contributed by atoms with van der Waals surface area (Å²) in [6.45, 7) is 3.80. The van der Waals surface area contributed by atoms with Crippen molar-refractivity contribution in [2.24, 2.45) is 18.9 Å². The fourth-order valence-electron chi connectivity index (χ4n) is 3.18.